The lowest BCUT2D eigenvalue weighted by molar-refractivity contribution is -0.137. The van der Waals surface area contributed by atoms with E-state index in [2.05, 4.69) is 27.9 Å². The van der Waals surface area contributed by atoms with E-state index in [-0.39, 0.29) is 18.3 Å². The normalized spacial score (nSPS) is 11.1. The maximum atomic E-state index is 12.4. The van der Waals surface area contributed by atoms with E-state index in [1.807, 2.05) is 12.1 Å². The van der Waals surface area contributed by atoms with Crippen molar-refractivity contribution in [1.29, 1.82) is 0 Å². The number of hydrogen-bond acceptors (Lipinski definition) is 2. The van der Waals surface area contributed by atoms with Gasteiger partial charge >= 0.3 is 6.18 Å². The van der Waals surface area contributed by atoms with Gasteiger partial charge in [-0.1, -0.05) is 12.1 Å². The minimum absolute atomic E-state index is 0.200. The third kappa shape index (κ3) is 4.62. The third-order valence-electron chi connectivity index (χ3n) is 2.70. The van der Waals surface area contributed by atoms with Crippen LogP contribution in [0.25, 0.3) is 0 Å². The molecule has 0 spiro atoms. The molecule has 0 atom stereocenters. The first-order chi connectivity index (χ1) is 10.4. The number of benzene rings is 2. The summed E-state index contributed by atoms with van der Waals surface area (Å²) in [6, 6.07) is 11.4. The van der Waals surface area contributed by atoms with Gasteiger partial charge in [0.1, 0.15) is 5.75 Å². The van der Waals surface area contributed by atoms with E-state index in [1.54, 1.807) is 12.1 Å². The van der Waals surface area contributed by atoms with Gasteiger partial charge in [0.05, 0.1) is 11.3 Å². The molecular weight excluding hydrogens is 410 g/mol. The molecule has 0 aliphatic carbocycles. The summed E-state index contributed by atoms with van der Waals surface area (Å²) in [6.45, 7) is -0.281. The number of halogens is 4. The Labute approximate surface area is 138 Å². The van der Waals surface area contributed by atoms with E-state index < -0.39 is 11.7 Å². The topological polar surface area (TPSA) is 38.3 Å². The zero-order chi connectivity index (χ0) is 16.2. The van der Waals surface area contributed by atoms with E-state index in [9.17, 15) is 18.0 Å². The van der Waals surface area contributed by atoms with Crippen LogP contribution >= 0.6 is 22.6 Å². The van der Waals surface area contributed by atoms with Gasteiger partial charge in [-0.25, -0.2) is 0 Å². The number of hydrogen-bond donors (Lipinski definition) is 1. The van der Waals surface area contributed by atoms with Crippen molar-refractivity contribution in [3.8, 4) is 5.75 Å². The average Bonchev–Trinajstić information content (AvgIpc) is 2.47. The molecule has 2 rings (SSSR count). The molecule has 22 heavy (non-hydrogen) atoms. The second kappa shape index (κ2) is 6.99. The lowest BCUT2D eigenvalue weighted by Gasteiger charge is -2.10. The largest absolute Gasteiger partial charge is 0.484 e. The van der Waals surface area contributed by atoms with Crippen molar-refractivity contribution in [2.24, 2.45) is 0 Å². The molecule has 2 aromatic carbocycles. The van der Waals surface area contributed by atoms with Crippen molar-refractivity contribution in [2.45, 2.75) is 6.18 Å². The quantitative estimate of drug-likeness (QED) is 0.747. The lowest BCUT2D eigenvalue weighted by atomic mass is 10.2. The van der Waals surface area contributed by atoms with Crippen LogP contribution in [0, 0.1) is 3.57 Å². The van der Waals surface area contributed by atoms with Crippen molar-refractivity contribution in [3.63, 3.8) is 0 Å². The fraction of sp³-hybridized carbons (Fsp3) is 0.133. The predicted molar refractivity (Wildman–Crippen MR) is 84.7 cm³/mol. The summed E-state index contributed by atoms with van der Waals surface area (Å²) in [5.74, 6) is -0.185. The van der Waals surface area contributed by atoms with Crippen molar-refractivity contribution < 1.29 is 22.7 Å². The van der Waals surface area contributed by atoms with Gasteiger partial charge in [-0.3, -0.25) is 4.79 Å². The Morgan fingerprint density at radius 1 is 1.09 bits per heavy atom. The maximum absolute atomic E-state index is 12.4. The summed E-state index contributed by atoms with van der Waals surface area (Å²) in [6.07, 6.45) is -4.39. The molecule has 0 aliphatic heterocycles. The first-order valence-electron chi connectivity index (χ1n) is 6.21. The molecule has 1 amide bonds. The first kappa shape index (κ1) is 16.6. The molecule has 0 fully saturated rings. The number of alkyl halides is 3. The minimum atomic E-state index is -4.39. The van der Waals surface area contributed by atoms with Crippen molar-refractivity contribution in [1.82, 2.24) is 0 Å². The Morgan fingerprint density at radius 2 is 1.73 bits per heavy atom. The van der Waals surface area contributed by atoms with Crippen LogP contribution in [0.4, 0.5) is 18.9 Å². The van der Waals surface area contributed by atoms with Crippen molar-refractivity contribution in [2.75, 3.05) is 11.9 Å². The zero-order valence-electron chi connectivity index (χ0n) is 11.2. The van der Waals surface area contributed by atoms with Crippen LogP contribution in [0.2, 0.25) is 0 Å². The number of ether oxygens (including phenoxy) is 1. The summed E-state index contributed by atoms with van der Waals surface area (Å²) in [5.41, 5.74) is -0.104. The Hall–Kier alpha value is -1.77. The number of rotatable bonds is 4. The van der Waals surface area contributed by atoms with Gasteiger partial charge in [0.25, 0.3) is 5.91 Å². The second-order valence-electron chi connectivity index (χ2n) is 4.34. The van der Waals surface area contributed by atoms with Crippen LogP contribution < -0.4 is 10.1 Å². The average molecular weight is 421 g/mol. The molecule has 0 heterocycles. The number of para-hydroxylation sites is 1. The molecule has 0 unspecified atom stereocenters. The van der Waals surface area contributed by atoms with Crippen LogP contribution in [0.5, 0.6) is 5.75 Å². The van der Waals surface area contributed by atoms with Gasteiger partial charge in [-0.2, -0.15) is 13.2 Å². The Bertz CT molecular complexity index is 657. The number of carbonyl (C=O) groups is 1. The van der Waals surface area contributed by atoms with E-state index in [0.29, 0.717) is 5.69 Å². The standard InChI is InChI=1S/C15H11F3INO2/c16-15(17,18)10-5-7-11(8-6-10)22-9-14(21)20-13-4-2-1-3-12(13)19/h1-8H,9H2,(H,20,21). The second-order valence-corrected chi connectivity index (χ2v) is 5.50. The zero-order valence-corrected chi connectivity index (χ0v) is 13.3. The highest BCUT2D eigenvalue weighted by Crippen LogP contribution is 2.30. The van der Waals surface area contributed by atoms with Gasteiger partial charge in [-0.05, 0) is 59.0 Å². The molecule has 3 nitrogen and oxygen atoms in total. The van der Waals surface area contributed by atoms with Gasteiger partial charge in [0.2, 0.25) is 0 Å². The fourth-order valence-electron chi connectivity index (χ4n) is 1.64. The molecule has 0 saturated carbocycles. The van der Waals surface area contributed by atoms with E-state index in [1.165, 1.54) is 12.1 Å². The highest BCUT2D eigenvalue weighted by Gasteiger charge is 2.30. The fourth-order valence-corrected chi connectivity index (χ4v) is 2.16. The molecule has 0 saturated heterocycles. The predicted octanol–water partition coefficient (Wildman–Crippen LogP) is 4.33. The SMILES string of the molecule is O=C(COc1ccc(C(F)(F)F)cc1)Nc1ccccc1I. The summed E-state index contributed by atoms with van der Waals surface area (Å²) < 4.78 is 43.3. The first-order valence-corrected chi connectivity index (χ1v) is 7.28. The third-order valence-corrected chi connectivity index (χ3v) is 3.64. The van der Waals surface area contributed by atoms with E-state index in [4.69, 9.17) is 4.74 Å². The Balaban J connectivity index is 1.90. The lowest BCUT2D eigenvalue weighted by Crippen LogP contribution is -2.20. The van der Waals surface area contributed by atoms with Gasteiger partial charge in [0, 0.05) is 3.57 Å². The molecule has 116 valence electrons. The van der Waals surface area contributed by atoms with Gasteiger partial charge in [-0.15, -0.1) is 0 Å². The molecule has 0 aromatic heterocycles. The van der Waals surface area contributed by atoms with E-state index in [0.717, 1.165) is 15.7 Å². The van der Waals surface area contributed by atoms with Gasteiger partial charge < -0.3 is 10.1 Å². The highest BCUT2D eigenvalue weighted by molar-refractivity contribution is 14.1. The molecule has 0 aliphatic rings. The molecule has 2 aromatic rings. The Kier molecular flexibility index (Phi) is 5.28. The van der Waals surface area contributed by atoms with Crippen LogP contribution in [0.15, 0.2) is 48.5 Å². The smallest absolute Gasteiger partial charge is 0.416 e. The minimum Gasteiger partial charge on any atom is -0.484 e. The maximum Gasteiger partial charge on any atom is 0.416 e. The Morgan fingerprint density at radius 3 is 2.32 bits per heavy atom. The van der Waals surface area contributed by atoms with E-state index >= 15 is 0 Å². The molecule has 1 N–H and O–H groups in total. The number of anilines is 1. The van der Waals surface area contributed by atoms with Crippen molar-refractivity contribution in [3.05, 3.63) is 57.7 Å². The van der Waals surface area contributed by atoms with Crippen molar-refractivity contribution >= 4 is 34.2 Å². The summed E-state index contributed by atoms with van der Waals surface area (Å²) in [7, 11) is 0. The summed E-state index contributed by atoms with van der Waals surface area (Å²) >= 11 is 2.08. The summed E-state index contributed by atoms with van der Waals surface area (Å²) in [4.78, 5) is 11.7. The molecule has 0 bridgehead atoms. The number of carbonyl (C=O) groups excluding carboxylic acids is 1. The number of amides is 1. The van der Waals surface area contributed by atoms with Crippen LogP contribution in [-0.4, -0.2) is 12.5 Å². The monoisotopic (exact) mass is 421 g/mol. The number of nitrogens with one attached hydrogen (secondary N) is 1. The highest BCUT2D eigenvalue weighted by atomic mass is 127. The van der Waals surface area contributed by atoms with Crippen LogP contribution in [-0.2, 0) is 11.0 Å². The van der Waals surface area contributed by atoms with Crippen LogP contribution in [0.1, 0.15) is 5.56 Å². The van der Waals surface area contributed by atoms with Gasteiger partial charge in [0.15, 0.2) is 6.61 Å². The molecular formula is C15H11F3INO2. The molecule has 7 heteroatoms. The van der Waals surface area contributed by atoms with Crippen LogP contribution in [0.3, 0.4) is 0 Å². The molecule has 0 radical (unpaired) electrons. The summed E-state index contributed by atoms with van der Waals surface area (Å²) in [5, 5.41) is 2.66.